The molecule has 0 spiro atoms. The van der Waals surface area contributed by atoms with Crippen molar-refractivity contribution in [3.63, 3.8) is 0 Å². The molecule has 76 valence electrons. The second-order valence-corrected chi connectivity index (χ2v) is 3.10. The molecule has 0 aliphatic carbocycles. The molecule has 0 aliphatic rings. The molecule has 0 heterocycles. The van der Waals surface area contributed by atoms with E-state index in [2.05, 4.69) is 0 Å². The second kappa shape index (κ2) is 4.65. The van der Waals surface area contributed by atoms with Crippen molar-refractivity contribution in [3.05, 3.63) is 29.8 Å². The summed E-state index contributed by atoms with van der Waals surface area (Å²) in [7, 11) is 0. The monoisotopic (exact) mass is 194 g/mol. The number of esters is 1. The largest absolute Gasteiger partial charge is 0.508 e. The molecule has 1 aromatic carbocycles. The first-order valence-corrected chi connectivity index (χ1v) is 4.59. The predicted molar refractivity (Wildman–Crippen MR) is 52.9 cm³/mol. The quantitative estimate of drug-likeness (QED) is 0.751. The summed E-state index contributed by atoms with van der Waals surface area (Å²) < 4.78 is 5.10. The van der Waals surface area contributed by atoms with Crippen LogP contribution >= 0.6 is 0 Å². The van der Waals surface area contributed by atoms with Crippen molar-refractivity contribution < 1.29 is 14.6 Å². The molecule has 0 saturated heterocycles. The van der Waals surface area contributed by atoms with E-state index >= 15 is 0 Å². The maximum absolute atomic E-state index is 10.8. The summed E-state index contributed by atoms with van der Waals surface area (Å²) in [5.41, 5.74) is 0.903. The van der Waals surface area contributed by atoms with Crippen LogP contribution in [0, 0.1) is 0 Å². The van der Waals surface area contributed by atoms with Crippen molar-refractivity contribution in [1.29, 1.82) is 0 Å². The van der Waals surface area contributed by atoms with Gasteiger partial charge in [0, 0.05) is 6.92 Å². The molecular formula is C11H14O3. The van der Waals surface area contributed by atoms with Crippen molar-refractivity contribution in [3.8, 4) is 5.75 Å². The Labute approximate surface area is 83.3 Å². The average Bonchev–Trinajstić information content (AvgIpc) is 2.15. The Balaban J connectivity index is 2.78. The summed E-state index contributed by atoms with van der Waals surface area (Å²) in [4.78, 5) is 10.8. The summed E-state index contributed by atoms with van der Waals surface area (Å²) in [6.45, 7) is 3.34. The Bertz CT molecular complexity index is 303. The molecule has 3 nitrogen and oxygen atoms in total. The summed E-state index contributed by atoms with van der Waals surface area (Å²) in [6.07, 6.45) is 0.512. The SMILES string of the molecule is CCC(OC(C)=O)c1ccc(O)cc1. The van der Waals surface area contributed by atoms with Gasteiger partial charge in [0.15, 0.2) is 0 Å². The lowest BCUT2D eigenvalue weighted by molar-refractivity contribution is -0.146. The number of hydrogen-bond donors (Lipinski definition) is 1. The standard InChI is InChI=1S/C11H14O3/c1-3-11(14-8(2)12)9-4-6-10(13)7-5-9/h4-7,11,13H,3H2,1-2H3. The minimum Gasteiger partial charge on any atom is -0.508 e. The van der Waals surface area contributed by atoms with Gasteiger partial charge < -0.3 is 9.84 Å². The van der Waals surface area contributed by atoms with Crippen molar-refractivity contribution in [2.45, 2.75) is 26.4 Å². The molecule has 1 N–H and O–H groups in total. The van der Waals surface area contributed by atoms with E-state index in [9.17, 15) is 4.79 Å². The minimum absolute atomic E-state index is 0.214. The van der Waals surface area contributed by atoms with Gasteiger partial charge in [-0.2, -0.15) is 0 Å². The maximum atomic E-state index is 10.8. The third kappa shape index (κ3) is 2.76. The third-order valence-electron chi connectivity index (χ3n) is 1.94. The number of carbonyl (C=O) groups is 1. The van der Waals surface area contributed by atoms with E-state index in [1.165, 1.54) is 6.92 Å². The maximum Gasteiger partial charge on any atom is 0.303 e. The van der Waals surface area contributed by atoms with Crippen LogP contribution in [0.15, 0.2) is 24.3 Å². The molecule has 0 aliphatic heterocycles. The molecule has 0 fully saturated rings. The van der Waals surface area contributed by atoms with Gasteiger partial charge in [0.2, 0.25) is 0 Å². The Morgan fingerprint density at radius 2 is 2.00 bits per heavy atom. The zero-order valence-electron chi connectivity index (χ0n) is 8.36. The number of ether oxygens (including phenoxy) is 1. The van der Waals surface area contributed by atoms with E-state index in [4.69, 9.17) is 9.84 Å². The topological polar surface area (TPSA) is 46.5 Å². The van der Waals surface area contributed by atoms with E-state index in [1.807, 2.05) is 6.92 Å². The van der Waals surface area contributed by atoms with Crippen molar-refractivity contribution in [1.82, 2.24) is 0 Å². The van der Waals surface area contributed by atoms with Crippen LogP contribution in [0.3, 0.4) is 0 Å². The lowest BCUT2D eigenvalue weighted by Crippen LogP contribution is -2.07. The van der Waals surface area contributed by atoms with E-state index in [0.717, 1.165) is 12.0 Å². The van der Waals surface area contributed by atoms with Crippen LogP contribution in [0.5, 0.6) is 5.75 Å². The van der Waals surface area contributed by atoms with Crippen LogP contribution in [0.4, 0.5) is 0 Å². The molecule has 0 aromatic heterocycles. The number of hydrogen-bond acceptors (Lipinski definition) is 3. The van der Waals surface area contributed by atoms with Crippen molar-refractivity contribution in [2.24, 2.45) is 0 Å². The first-order chi connectivity index (χ1) is 6.63. The summed E-state index contributed by atoms with van der Waals surface area (Å²) in [6, 6.07) is 6.68. The molecule has 1 atom stereocenters. The molecular weight excluding hydrogens is 180 g/mol. The number of phenolic OH excluding ortho intramolecular Hbond substituents is 1. The number of aromatic hydroxyl groups is 1. The molecule has 3 heteroatoms. The number of carbonyl (C=O) groups excluding carboxylic acids is 1. The van der Waals surface area contributed by atoms with E-state index in [-0.39, 0.29) is 17.8 Å². The highest BCUT2D eigenvalue weighted by Gasteiger charge is 2.11. The van der Waals surface area contributed by atoms with E-state index < -0.39 is 0 Å². The third-order valence-corrected chi connectivity index (χ3v) is 1.94. The van der Waals surface area contributed by atoms with E-state index in [0.29, 0.717) is 0 Å². The summed E-state index contributed by atoms with van der Waals surface area (Å²) in [5, 5.41) is 9.09. The number of rotatable bonds is 3. The molecule has 1 aromatic rings. The van der Waals surface area contributed by atoms with Crippen LogP contribution in [0.25, 0.3) is 0 Å². The Hall–Kier alpha value is -1.51. The van der Waals surface area contributed by atoms with Gasteiger partial charge in [0.1, 0.15) is 11.9 Å². The lowest BCUT2D eigenvalue weighted by Gasteiger charge is -2.15. The van der Waals surface area contributed by atoms with Gasteiger partial charge in [-0.3, -0.25) is 4.79 Å². The van der Waals surface area contributed by atoms with Gasteiger partial charge in [-0.1, -0.05) is 19.1 Å². The van der Waals surface area contributed by atoms with E-state index in [1.54, 1.807) is 24.3 Å². The van der Waals surface area contributed by atoms with Gasteiger partial charge >= 0.3 is 5.97 Å². The molecule has 0 saturated carbocycles. The smallest absolute Gasteiger partial charge is 0.303 e. The number of phenols is 1. The van der Waals surface area contributed by atoms with Gasteiger partial charge in [-0.25, -0.2) is 0 Å². The van der Waals surface area contributed by atoms with Crippen LogP contribution in [-0.4, -0.2) is 11.1 Å². The normalized spacial score (nSPS) is 12.1. The predicted octanol–water partition coefficient (Wildman–Crippen LogP) is 2.41. The Morgan fingerprint density at radius 1 is 1.43 bits per heavy atom. The molecule has 0 bridgehead atoms. The van der Waals surface area contributed by atoms with Gasteiger partial charge in [-0.05, 0) is 24.1 Å². The highest BCUT2D eigenvalue weighted by atomic mass is 16.5. The Kier molecular flexibility index (Phi) is 3.51. The van der Waals surface area contributed by atoms with Crippen LogP contribution in [-0.2, 0) is 9.53 Å². The van der Waals surface area contributed by atoms with Crippen molar-refractivity contribution >= 4 is 5.97 Å². The molecule has 0 radical (unpaired) electrons. The second-order valence-electron chi connectivity index (χ2n) is 3.10. The molecule has 1 rings (SSSR count). The zero-order chi connectivity index (χ0) is 10.6. The van der Waals surface area contributed by atoms with Crippen LogP contribution in [0.1, 0.15) is 31.9 Å². The number of benzene rings is 1. The highest BCUT2D eigenvalue weighted by molar-refractivity contribution is 5.66. The van der Waals surface area contributed by atoms with Gasteiger partial charge in [0.05, 0.1) is 0 Å². The fourth-order valence-corrected chi connectivity index (χ4v) is 1.28. The summed E-state index contributed by atoms with van der Waals surface area (Å²) in [5.74, 6) is -0.0728. The van der Waals surface area contributed by atoms with Gasteiger partial charge in [-0.15, -0.1) is 0 Å². The van der Waals surface area contributed by atoms with Gasteiger partial charge in [0.25, 0.3) is 0 Å². The first kappa shape index (κ1) is 10.6. The van der Waals surface area contributed by atoms with Crippen LogP contribution < -0.4 is 0 Å². The Morgan fingerprint density at radius 3 is 2.43 bits per heavy atom. The molecule has 1 unspecified atom stereocenters. The van der Waals surface area contributed by atoms with Crippen LogP contribution in [0.2, 0.25) is 0 Å². The van der Waals surface area contributed by atoms with Crippen molar-refractivity contribution in [2.75, 3.05) is 0 Å². The fourth-order valence-electron chi connectivity index (χ4n) is 1.28. The highest BCUT2D eigenvalue weighted by Crippen LogP contribution is 2.22. The lowest BCUT2D eigenvalue weighted by atomic mass is 10.1. The summed E-state index contributed by atoms with van der Waals surface area (Å²) >= 11 is 0. The fraction of sp³-hybridized carbons (Fsp3) is 0.364. The average molecular weight is 194 g/mol. The zero-order valence-corrected chi connectivity index (χ0v) is 8.36. The molecule has 0 amide bonds. The minimum atomic E-state index is -0.287. The first-order valence-electron chi connectivity index (χ1n) is 4.59. The molecule has 14 heavy (non-hydrogen) atoms.